The maximum absolute atomic E-state index is 13.3. The monoisotopic (exact) mass is 459 g/mol. The Bertz CT molecular complexity index is 1290. The Hall–Kier alpha value is -4.41. The average molecular weight is 459 g/mol. The quantitative estimate of drug-likeness (QED) is 0.436. The van der Waals surface area contributed by atoms with Crippen LogP contribution in [0.4, 0.5) is 10.5 Å². The van der Waals surface area contributed by atoms with Gasteiger partial charge in [-0.3, -0.25) is 19.3 Å². The third kappa shape index (κ3) is 3.60. The molecule has 34 heavy (non-hydrogen) atoms. The summed E-state index contributed by atoms with van der Waals surface area (Å²) >= 11 is 0. The second kappa shape index (κ2) is 8.18. The normalized spacial score (nSPS) is 20.2. The molecule has 3 aromatic rings. The van der Waals surface area contributed by atoms with Gasteiger partial charge in [-0.25, -0.2) is 9.48 Å². The zero-order valence-corrected chi connectivity index (χ0v) is 18.3. The van der Waals surface area contributed by atoms with Gasteiger partial charge in [-0.2, -0.15) is 0 Å². The van der Waals surface area contributed by atoms with Gasteiger partial charge in [0.05, 0.1) is 12.2 Å². The number of carbonyl (C=O) groups is 4. The van der Waals surface area contributed by atoms with Crippen molar-refractivity contribution in [3.63, 3.8) is 0 Å². The summed E-state index contributed by atoms with van der Waals surface area (Å²) in [4.78, 5) is 53.3. The van der Waals surface area contributed by atoms with E-state index in [9.17, 15) is 19.2 Å². The third-order valence-corrected chi connectivity index (χ3v) is 6.19. The number of hydrogen-bond donors (Lipinski definition) is 1. The zero-order valence-electron chi connectivity index (χ0n) is 18.3. The number of imide groups is 1. The molecule has 1 aromatic heterocycles. The predicted molar refractivity (Wildman–Crippen MR) is 119 cm³/mol. The van der Waals surface area contributed by atoms with E-state index in [0.717, 1.165) is 17.0 Å². The highest BCUT2D eigenvalue weighted by molar-refractivity contribution is 6.11. The summed E-state index contributed by atoms with van der Waals surface area (Å²) in [7, 11) is 0. The molecule has 4 amide bonds. The average Bonchev–Trinajstić information content (AvgIpc) is 3.58. The van der Waals surface area contributed by atoms with Crippen molar-refractivity contribution >= 4 is 29.3 Å². The number of Topliss-reactive ketones (excluding diaryl/α,β-unsaturated/α-hetero) is 1. The number of benzene rings is 2. The van der Waals surface area contributed by atoms with Crippen LogP contribution in [0.2, 0.25) is 0 Å². The molecule has 1 atom stereocenters. The van der Waals surface area contributed by atoms with Crippen molar-refractivity contribution < 1.29 is 19.2 Å². The summed E-state index contributed by atoms with van der Waals surface area (Å²) in [5.74, 6) is -0.852. The second-order valence-corrected chi connectivity index (χ2v) is 8.37. The van der Waals surface area contributed by atoms with Crippen molar-refractivity contribution in [3.05, 3.63) is 66.0 Å². The van der Waals surface area contributed by atoms with E-state index in [0.29, 0.717) is 29.8 Å². The maximum Gasteiger partial charge on any atom is 0.325 e. The van der Waals surface area contributed by atoms with Crippen LogP contribution in [0.15, 0.2) is 54.9 Å². The van der Waals surface area contributed by atoms with Crippen molar-refractivity contribution in [3.8, 4) is 5.69 Å². The van der Waals surface area contributed by atoms with Crippen molar-refractivity contribution in [2.75, 3.05) is 18.0 Å². The zero-order chi connectivity index (χ0) is 23.9. The van der Waals surface area contributed by atoms with E-state index < -0.39 is 24.0 Å². The van der Waals surface area contributed by atoms with E-state index in [1.165, 1.54) is 11.0 Å². The van der Waals surface area contributed by atoms with Gasteiger partial charge in [-0.15, -0.1) is 5.10 Å². The smallest absolute Gasteiger partial charge is 0.319 e. The first-order valence-electron chi connectivity index (χ1n) is 10.8. The SMILES string of the molecule is C[C@@]1(c2cccc(-n3cnnn3)c2)NC(=O)N(CC(=O)c2ccc(N3CCCC3=O)cc2)C1=O. The highest BCUT2D eigenvalue weighted by atomic mass is 16.2. The molecule has 0 radical (unpaired) electrons. The molecule has 0 spiro atoms. The molecule has 11 heteroatoms. The molecule has 0 unspecified atom stereocenters. The van der Waals surface area contributed by atoms with Crippen molar-refractivity contribution in [2.24, 2.45) is 0 Å². The van der Waals surface area contributed by atoms with Crippen LogP contribution in [0.25, 0.3) is 5.69 Å². The van der Waals surface area contributed by atoms with Gasteiger partial charge in [-0.1, -0.05) is 12.1 Å². The Kier molecular flexibility index (Phi) is 5.16. The molecule has 0 aliphatic carbocycles. The van der Waals surface area contributed by atoms with Gasteiger partial charge in [0.2, 0.25) is 5.91 Å². The van der Waals surface area contributed by atoms with Crippen LogP contribution in [-0.4, -0.2) is 61.8 Å². The molecule has 0 saturated carbocycles. The number of rotatable bonds is 6. The lowest BCUT2D eigenvalue weighted by atomic mass is 9.91. The first-order chi connectivity index (χ1) is 16.4. The fraction of sp³-hybridized carbons (Fsp3) is 0.261. The number of nitrogens with one attached hydrogen (secondary N) is 1. The first kappa shape index (κ1) is 21.4. The predicted octanol–water partition coefficient (Wildman–Crippen LogP) is 1.44. The third-order valence-electron chi connectivity index (χ3n) is 6.19. The van der Waals surface area contributed by atoms with Gasteiger partial charge in [0.15, 0.2) is 5.78 Å². The van der Waals surface area contributed by atoms with Gasteiger partial charge < -0.3 is 10.2 Å². The van der Waals surface area contributed by atoms with Crippen molar-refractivity contribution in [1.82, 2.24) is 30.4 Å². The van der Waals surface area contributed by atoms with Crippen LogP contribution in [0.5, 0.6) is 0 Å². The molecule has 2 aliphatic heterocycles. The number of tetrazole rings is 1. The highest BCUT2D eigenvalue weighted by Crippen LogP contribution is 2.30. The number of amides is 4. The molecule has 11 nitrogen and oxygen atoms in total. The topological polar surface area (TPSA) is 130 Å². The van der Waals surface area contributed by atoms with Gasteiger partial charge in [0.1, 0.15) is 11.9 Å². The van der Waals surface area contributed by atoms with Crippen LogP contribution < -0.4 is 10.2 Å². The Balaban J connectivity index is 1.33. The van der Waals surface area contributed by atoms with Gasteiger partial charge in [-0.05, 0) is 65.7 Å². The summed E-state index contributed by atoms with van der Waals surface area (Å²) in [6.07, 6.45) is 2.75. The molecule has 0 bridgehead atoms. The fourth-order valence-corrected chi connectivity index (χ4v) is 4.26. The lowest BCUT2D eigenvalue weighted by Crippen LogP contribution is -2.41. The van der Waals surface area contributed by atoms with Crippen LogP contribution in [0.3, 0.4) is 0 Å². The Morgan fingerprint density at radius 2 is 1.88 bits per heavy atom. The molecule has 3 heterocycles. The minimum absolute atomic E-state index is 0.0573. The molecule has 2 fully saturated rings. The van der Waals surface area contributed by atoms with E-state index >= 15 is 0 Å². The molecule has 5 rings (SSSR count). The number of aromatic nitrogens is 4. The van der Waals surface area contributed by atoms with E-state index in [2.05, 4.69) is 20.8 Å². The van der Waals surface area contributed by atoms with Crippen molar-refractivity contribution in [2.45, 2.75) is 25.3 Å². The number of carbonyl (C=O) groups excluding carboxylic acids is 4. The summed E-state index contributed by atoms with van der Waals surface area (Å²) < 4.78 is 1.44. The minimum Gasteiger partial charge on any atom is -0.319 e. The maximum atomic E-state index is 13.3. The largest absolute Gasteiger partial charge is 0.325 e. The minimum atomic E-state index is -1.35. The number of hydrogen-bond acceptors (Lipinski definition) is 7. The van der Waals surface area contributed by atoms with Gasteiger partial charge in [0, 0.05) is 24.2 Å². The van der Waals surface area contributed by atoms with E-state index in [4.69, 9.17) is 0 Å². The van der Waals surface area contributed by atoms with Crippen LogP contribution in [0, 0.1) is 0 Å². The lowest BCUT2D eigenvalue weighted by molar-refractivity contribution is -0.130. The first-order valence-corrected chi connectivity index (χ1v) is 10.8. The highest BCUT2D eigenvalue weighted by Gasteiger charge is 2.49. The van der Waals surface area contributed by atoms with Crippen LogP contribution in [0.1, 0.15) is 35.7 Å². The molecular weight excluding hydrogens is 438 g/mol. The van der Waals surface area contributed by atoms with Crippen LogP contribution in [-0.2, 0) is 15.1 Å². The lowest BCUT2D eigenvalue weighted by Gasteiger charge is -2.22. The molecule has 1 N–H and O–H groups in total. The summed E-state index contributed by atoms with van der Waals surface area (Å²) in [5.41, 5.74) is 0.890. The number of urea groups is 1. The summed E-state index contributed by atoms with van der Waals surface area (Å²) in [6.45, 7) is 1.86. The fourth-order valence-electron chi connectivity index (χ4n) is 4.26. The van der Waals surface area contributed by atoms with Gasteiger partial charge in [0.25, 0.3) is 5.91 Å². The van der Waals surface area contributed by atoms with E-state index in [1.54, 1.807) is 60.4 Å². The molecule has 2 aliphatic rings. The standard InChI is InChI=1S/C23H21N7O4/c1-23(16-4-2-5-18(12-16)30-14-24-26-27-30)21(33)29(22(34)25-23)13-19(31)15-7-9-17(10-8-15)28-11-3-6-20(28)32/h2,4-5,7-10,12,14H,3,6,11,13H2,1H3,(H,25,34)/t23-/m0/s1. The summed E-state index contributed by atoms with van der Waals surface area (Å²) in [5, 5.41) is 13.8. The van der Waals surface area contributed by atoms with E-state index in [-0.39, 0.29) is 11.7 Å². The molecule has 2 aromatic carbocycles. The van der Waals surface area contributed by atoms with Gasteiger partial charge >= 0.3 is 6.03 Å². The Labute approximate surface area is 194 Å². The number of nitrogens with zero attached hydrogens (tertiary/aromatic N) is 6. The van der Waals surface area contributed by atoms with Crippen LogP contribution >= 0.6 is 0 Å². The molecular formula is C23H21N7O4. The Morgan fingerprint density at radius 3 is 2.56 bits per heavy atom. The Morgan fingerprint density at radius 1 is 1.09 bits per heavy atom. The number of anilines is 1. The second-order valence-electron chi connectivity index (χ2n) is 8.37. The van der Waals surface area contributed by atoms with E-state index in [1.807, 2.05) is 0 Å². The van der Waals surface area contributed by atoms with Crippen molar-refractivity contribution in [1.29, 1.82) is 0 Å². The molecule has 2 saturated heterocycles. The number of ketones is 1. The molecule has 172 valence electrons. The summed E-state index contributed by atoms with van der Waals surface area (Å²) in [6, 6.07) is 12.9.